The number of carbonyl (C=O) groups excluding carboxylic acids is 2. The second-order valence-corrected chi connectivity index (χ2v) is 18.3. The van der Waals surface area contributed by atoms with Crippen LogP contribution in [0.15, 0.2) is 24.3 Å². The zero-order valence-corrected chi connectivity index (χ0v) is 38.4. The number of hydrogen-bond acceptors (Lipinski definition) is 11. The van der Waals surface area contributed by atoms with Gasteiger partial charge in [0.1, 0.15) is 36.8 Å². The maximum atomic E-state index is 12.8. The van der Waals surface area contributed by atoms with E-state index in [0.29, 0.717) is 12.8 Å². The number of aliphatic hydroxyl groups excluding tert-OH is 3. The summed E-state index contributed by atoms with van der Waals surface area (Å²) in [5, 5.41) is 30.9. The average Bonchev–Trinajstić information content (AvgIpc) is 3.21. The molecule has 1 rings (SSSR count). The van der Waals surface area contributed by atoms with Gasteiger partial charge in [-0.2, -0.15) is 8.42 Å². The molecule has 6 atom stereocenters. The normalized spacial score (nSPS) is 20.3. The Morgan fingerprint density at radius 2 is 0.950 bits per heavy atom. The molecule has 13 heteroatoms. The van der Waals surface area contributed by atoms with E-state index in [1.165, 1.54) is 122 Å². The van der Waals surface area contributed by atoms with Crippen molar-refractivity contribution in [1.82, 2.24) is 0 Å². The van der Waals surface area contributed by atoms with Gasteiger partial charge >= 0.3 is 11.9 Å². The molecule has 0 spiro atoms. The van der Waals surface area contributed by atoms with Gasteiger partial charge in [-0.25, -0.2) is 0 Å². The van der Waals surface area contributed by atoms with E-state index < -0.39 is 71.2 Å². The highest BCUT2D eigenvalue weighted by atomic mass is 32.2. The zero-order chi connectivity index (χ0) is 44.1. The molecule has 0 amide bonds. The molecule has 0 saturated carbocycles. The monoisotopic (exact) mass is 875 g/mol. The summed E-state index contributed by atoms with van der Waals surface area (Å²) >= 11 is 0. The smallest absolute Gasteiger partial charge is 0.306 e. The second-order valence-electron chi connectivity index (χ2n) is 16.8. The van der Waals surface area contributed by atoms with Gasteiger partial charge in [0.2, 0.25) is 0 Å². The molecule has 12 nitrogen and oxygen atoms in total. The van der Waals surface area contributed by atoms with E-state index in [1.54, 1.807) is 0 Å². The van der Waals surface area contributed by atoms with Gasteiger partial charge in [0.15, 0.2) is 12.4 Å². The minimum atomic E-state index is -4.60. The topological polar surface area (TPSA) is 186 Å². The number of allylic oxidation sites excluding steroid dienone is 4. The Labute approximate surface area is 364 Å². The number of unbranched alkanes of at least 4 members (excludes halogenated alkanes) is 24. The third kappa shape index (κ3) is 31.9. The summed E-state index contributed by atoms with van der Waals surface area (Å²) in [6, 6.07) is 0. The van der Waals surface area contributed by atoms with Gasteiger partial charge in [-0.3, -0.25) is 14.1 Å². The summed E-state index contributed by atoms with van der Waals surface area (Å²) < 4.78 is 54.1. The van der Waals surface area contributed by atoms with Crippen LogP contribution in [0.5, 0.6) is 0 Å². The number of carbonyl (C=O) groups is 2. The maximum Gasteiger partial charge on any atom is 0.306 e. The van der Waals surface area contributed by atoms with Crippen molar-refractivity contribution in [3.63, 3.8) is 0 Å². The fraction of sp³-hybridized carbons (Fsp3) is 0.872. The average molecular weight is 875 g/mol. The molecule has 1 saturated heterocycles. The van der Waals surface area contributed by atoms with Crippen molar-refractivity contribution in [3.8, 4) is 0 Å². The van der Waals surface area contributed by atoms with E-state index in [1.807, 2.05) is 0 Å². The van der Waals surface area contributed by atoms with E-state index in [9.17, 15) is 37.9 Å². The molecule has 352 valence electrons. The number of hydrogen-bond donors (Lipinski definition) is 4. The molecular weight excluding hydrogens is 789 g/mol. The fourth-order valence-electron chi connectivity index (χ4n) is 7.25. The van der Waals surface area contributed by atoms with Crippen LogP contribution in [0, 0.1) is 0 Å². The Kier molecular flexibility index (Phi) is 35.2. The summed E-state index contributed by atoms with van der Waals surface area (Å²) in [6.07, 6.45) is 32.2. The molecule has 1 aliphatic rings. The van der Waals surface area contributed by atoms with Crippen molar-refractivity contribution in [2.24, 2.45) is 0 Å². The summed E-state index contributed by atoms with van der Waals surface area (Å²) in [5.41, 5.74) is 0. The fourth-order valence-corrected chi connectivity index (χ4v) is 7.95. The zero-order valence-electron chi connectivity index (χ0n) is 37.6. The lowest BCUT2D eigenvalue weighted by Crippen LogP contribution is -2.60. The van der Waals surface area contributed by atoms with Gasteiger partial charge in [-0.1, -0.05) is 154 Å². The Morgan fingerprint density at radius 3 is 1.40 bits per heavy atom. The van der Waals surface area contributed by atoms with Crippen LogP contribution in [0.2, 0.25) is 0 Å². The van der Waals surface area contributed by atoms with Crippen LogP contribution >= 0.6 is 0 Å². The maximum absolute atomic E-state index is 12.8. The largest absolute Gasteiger partial charge is 0.462 e. The van der Waals surface area contributed by atoms with Crippen molar-refractivity contribution in [1.29, 1.82) is 0 Å². The van der Waals surface area contributed by atoms with Crippen molar-refractivity contribution in [2.75, 3.05) is 19.0 Å². The molecule has 2 unspecified atom stereocenters. The highest BCUT2D eigenvalue weighted by Crippen LogP contribution is 2.24. The highest BCUT2D eigenvalue weighted by Gasteiger charge is 2.46. The SMILES string of the molecule is CCCCCCCC/C=C/CCCCCCCCCCCC(=O)O[C@H](COC(=O)CCCCC/C=C/CCCCCCCC)CO[C@H]1O[C@H](CS(=O)(=O)O)[C@@H](O)C(O)C1O. The minimum absolute atomic E-state index is 0.161. The summed E-state index contributed by atoms with van der Waals surface area (Å²) in [4.78, 5) is 25.4. The molecule has 0 aromatic heterocycles. The summed E-state index contributed by atoms with van der Waals surface area (Å²) in [7, 11) is -4.60. The second kappa shape index (κ2) is 37.7. The Hall–Kier alpha value is -1.87. The lowest BCUT2D eigenvalue weighted by Gasteiger charge is -2.40. The van der Waals surface area contributed by atoms with Gasteiger partial charge < -0.3 is 34.3 Å². The Morgan fingerprint density at radius 1 is 0.550 bits per heavy atom. The van der Waals surface area contributed by atoms with E-state index in [0.717, 1.165) is 44.9 Å². The van der Waals surface area contributed by atoms with Crippen LogP contribution in [0.4, 0.5) is 0 Å². The number of rotatable bonds is 40. The molecule has 0 radical (unpaired) electrons. The highest BCUT2D eigenvalue weighted by molar-refractivity contribution is 7.85. The standard InChI is InChI=1S/C47H86O12S/c1-3-5-7-9-11-13-15-17-18-19-20-21-22-24-26-28-30-32-34-36-43(49)58-40(38-57-47-46(52)45(51)44(50)41(59-47)39-60(53,54)55)37-56-42(48)35-33-31-29-27-25-23-16-14-12-10-8-6-4-2/h17-18,23,25,40-41,44-47,50-52H,3-16,19-22,24,26-39H2,1-2H3,(H,53,54,55)/b18-17+,25-23+/t40-,41-,44-,45?,46?,47+/m1/s1. The first kappa shape index (κ1) is 56.1. The lowest BCUT2D eigenvalue weighted by atomic mass is 10.00. The molecule has 1 aliphatic heterocycles. The van der Waals surface area contributed by atoms with E-state index in [4.69, 9.17) is 18.9 Å². The van der Waals surface area contributed by atoms with Crippen LogP contribution in [0.1, 0.15) is 206 Å². The van der Waals surface area contributed by atoms with Crippen molar-refractivity contribution in [2.45, 2.75) is 243 Å². The summed E-state index contributed by atoms with van der Waals surface area (Å²) in [5.74, 6) is -2.00. The molecule has 0 aromatic rings. The van der Waals surface area contributed by atoms with Gasteiger partial charge in [-0.05, 0) is 64.2 Å². The quantitative estimate of drug-likeness (QED) is 0.0198. The van der Waals surface area contributed by atoms with Crippen molar-refractivity contribution in [3.05, 3.63) is 24.3 Å². The Balaban J connectivity index is 2.41. The molecule has 1 fully saturated rings. The first-order valence-corrected chi connectivity index (χ1v) is 25.5. The van der Waals surface area contributed by atoms with Crippen LogP contribution in [-0.2, 0) is 38.7 Å². The van der Waals surface area contributed by atoms with Crippen LogP contribution in [0.25, 0.3) is 0 Å². The first-order chi connectivity index (χ1) is 29.0. The molecular formula is C47H86O12S. The Bertz CT molecular complexity index is 1210. The lowest BCUT2D eigenvalue weighted by molar-refractivity contribution is -0.297. The third-order valence-electron chi connectivity index (χ3n) is 11.0. The predicted octanol–water partition coefficient (Wildman–Crippen LogP) is 10.0. The number of ether oxygens (including phenoxy) is 4. The predicted molar refractivity (Wildman–Crippen MR) is 238 cm³/mol. The van der Waals surface area contributed by atoms with Crippen molar-refractivity contribution >= 4 is 22.1 Å². The molecule has 0 aliphatic carbocycles. The van der Waals surface area contributed by atoms with Gasteiger partial charge in [-0.15, -0.1) is 0 Å². The number of esters is 2. The van der Waals surface area contributed by atoms with Crippen LogP contribution in [0.3, 0.4) is 0 Å². The van der Waals surface area contributed by atoms with E-state index in [2.05, 4.69) is 38.2 Å². The van der Waals surface area contributed by atoms with Crippen LogP contribution < -0.4 is 0 Å². The molecule has 60 heavy (non-hydrogen) atoms. The van der Waals surface area contributed by atoms with E-state index >= 15 is 0 Å². The van der Waals surface area contributed by atoms with Gasteiger partial charge in [0.25, 0.3) is 10.1 Å². The minimum Gasteiger partial charge on any atom is -0.462 e. The first-order valence-electron chi connectivity index (χ1n) is 23.9. The van der Waals surface area contributed by atoms with E-state index in [-0.39, 0.29) is 19.4 Å². The van der Waals surface area contributed by atoms with Crippen LogP contribution in [-0.4, -0.2) is 96.0 Å². The van der Waals surface area contributed by atoms with Crippen molar-refractivity contribution < 1.29 is 56.8 Å². The molecule has 0 bridgehead atoms. The molecule has 4 N–H and O–H groups in total. The van der Waals surface area contributed by atoms with Gasteiger partial charge in [0.05, 0.1) is 6.61 Å². The molecule has 1 heterocycles. The third-order valence-corrected chi connectivity index (χ3v) is 11.8. The molecule has 0 aromatic carbocycles. The van der Waals surface area contributed by atoms with Gasteiger partial charge in [0, 0.05) is 12.8 Å². The number of aliphatic hydroxyl groups is 3. The summed E-state index contributed by atoms with van der Waals surface area (Å²) in [6.45, 7) is 3.74.